The summed E-state index contributed by atoms with van der Waals surface area (Å²) in [5.74, 6) is 4.92. The summed E-state index contributed by atoms with van der Waals surface area (Å²) in [7, 11) is 0. The van der Waals surface area contributed by atoms with E-state index in [0.29, 0.717) is 11.5 Å². The molecule has 0 amide bonds. The van der Waals surface area contributed by atoms with Gasteiger partial charge in [-0.05, 0) is 80.0 Å². The van der Waals surface area contributed by atoms with Gasteiger partial charge in [-0.15, -0.1) is 0 Å². The molecular formula is C18H33N. The molecule has 0 saturated heterocycles. The topological polar surface area (TPSA) is 26.0 Å². The Bertz CT molecular complexity index is 316. The van der Waals surface area contributed by atoms with Crippen LogP contribution in [0.1, 0.15) is 72.1 Å². The third-order valence-electron chi connectivity index (χ3n) is 6.76. The fourth-order valence-electron chi connectivity index (χ4n) is 5.40. The molecule has 19 heavy (non-hydrogen) atoms. The molecule has 0 radical (unpaired) electrons. The molecule has 6 unspecified atom stereocenters. The van der Waals surface area contributed by atoms with Crippen molar-refractivity contribution in [3.8, 4) is 0 Å². The molecule has 3 aliphatic carbocycles. The van der Waals surface area contributed by atoms with Crippen molar-refractivity contribution >= 4 is 0 Å². The molecule has 110 valence electrons. The van der Waals surface area contributed by atoms with Crippen molar-refractivity contribution in [1.82, 2.24) is 0 Å². The molecule has 6 atom stereocenters. The lowest BCUT2D eigenvalue weighted by atomic mass is 9.65. The Morgan fingerprint density at radius 3 is 2.26 bits per heavy atom. The normalized spacial score (nSPS) is 46.7. The molecule has 0 spiro atoms. The van der Waals surface area contributed by atoms with Crippen molar-refractivity contribution in [3.63, 3.8) is 0 Å². The zero-order valence-electron chi connectivity index (χ0n) is 13.2. The van der Waals surface area contributed by atoms with Gasteiger partial charge < -0.3 is 5.73 Å². The van der Waals surface area contributed by atoms with Gasteiger partial charge >= 0.3 is 0 Å². The predicted octanol–water partition coefficient (Wildman–Crippen LogP) is 4.60. The van der Waals surface area contributed by atoms with E-state index < -0.39 is 0 Å². The number of hydrogen-bond acceptors (Lipinski definition) is 1. The summed E-state index contributed by atoms with van der Waals surface area (Å²) in [6, 6.07) is 0.498. The molecule has 3 saturated carbocycles. The summed E-state index contributed by atoms with van der Waals surface area (Å²) >= 11 is 0. The standard InChI is InChI=1S/C18H33N/c1-18(2,3)16-6-7-17(19)15(11-16)10-14-9-12-4-5-13(14)8-12/h12-17H,4-11,19H2,1-3H3. The summed E-state index contributed by atoms with van der Waals surface area (Å²) < 4.78 is 0. The van der Waals surface area contributed by atoms with E-state index in [9.17, 15) is 0 Å². The Morgan fingerprint density at radius 2 is 1.68 bits per heavy atom. The highest BCUT2D eigenvalue weighted by molar-refractivity contribution is 4.94. The number of rotatable bonds is 2. The lowest BCUT2D eigenvalue weighted by Gasteiger charge is -2.42. The van der Waals surface area contributed by atoms with Gasteiger partial charge in [-0.1, -0.05) is 27.2 Å². The van der Waals surface area contributed by atoms with Crippen LogP contribution in [0.4, 0.5) is 0 Å². The molecule has 2 N–H and O–H groups in total. The quantitative estimate of drug-likeness (QED) is 0.774. The molecule has 0 aliphatic heterocycles. The van der Waals surface area contributed by atoms with E-state index in [2.05, 4.69) is 20.8 Å². The highest BCUT2D eigenvalue weighted by atomic mass is 14.7. The molecule has 0 aromatic rings. The zero-order chi connectivity index (χ0) is 13.6. The summed E-state index contributed by atoms with van der Waals surface area (Å²) in [6.45, 7) is 7.26. The molecule has 1 heteroatoms. The number of nitrogens with two attached hydrogens (primary N) is 1. The van der Waals surface area contributed by atoms with Crippen LogP contribution in [0.25, 0.3) is 0 Å². The van der Waals surface area contributed by atoms with Gasteiger partial charge in [0.15, 0.2) is 0 Å². The molecule has 0 heterocycles. The van der Waals surface area contributed by atoms with Crippen molar-refractivity contribution in [2.45, 2.75) is 78.2 Å². The minimum atomic E-state index is 0.479. The first-order valence-corrected chi connectivity index (χ1v) is 8.69. The lowest BCUT2D eigenvalue weighted by Crippen LogP contribution is -2.40. The van der Waals surface area contributed by atoms with Gasteiger partial charge in [0.25, 0.3) is 0 Å². The molecule has 2 bridgehead atoms. The van der Waals surface area contributed by atoms with Gasteiger partial charge in [0.2, 0.25) is 0 Å². The Labute approximate surface area is 119 Å². The molecule has 0 aromatic heterocycles. The Hall–Kier alpha value is -0.0400. The van der Waals surface area contributed by atoms with Gasteiger partial charge in [-0.2, -0.15) is 0 Å². The first kappa shape index (κ1) is 13.9. The Morgan fingerprint density at radius 1 is 0.895 bits per heavy atom. The molecule has 3 fully saturated rings. The minimum absolute atomic E-state index is 0.479. The van der Waals surface area contributed by atoms with E-state index in [1.807, 2.05) is 0 Å². The van der Waals surface area contributed by atoms with Gasteiger partial charge in [-0.25, -0.2) is 0 Å². The van der Waals surface area contributed by atoms with Crippen molar-refractivity contribution in [2.24, 2.45) is 40.7 Å². The van der Waals surface area contributed by atoms with Crippen molar-refractivity contribution in [3.05, 3.63) is 0 Å². The fourth-order valence-corrected chi connectivity index (χ4v) is 5.40. The van der Waals surface area contributed by atoms with Crippen LogP contribution in [0.5, 0.6) is 0 Å². The average molecular weight is 263 g/mol. The summed E-state index contributed by atoms with van der Waals surface area (Å²) in [6.07, 6.45) is 11.6. The Balaban J connectivity index is 1.59. The maximum absolute atomic E-state index is 6.46. The first-order chi connectivity index (χ1) is 8.93. The van der Waals surface area contributed by atoms with Gasteiger partial charge in [0.1, 0.15) is 0 Å². The monoisotopic (exact) mass is 263 g/mol. The van der Waals surface area contributed by atoms with Gasteiger partial charge in [-0.3, -0.25) is 0 Å². The molecule has 0 aromatic carbocycles. The van der Waals surface area contributed by atoms with Crippen molar-refractivity contribution < 1.29 is 0 Å². The first-order valence-electron chi connectivity index (χ1n) is 8.69. The van der Waals surface area contributed by atoms with E-state index in [4.69, 9.17) is 5.73 Å². The number of hydrogen-bond donors (Lipinski definition) is 1. The van der Waals surface area contributed by atoms with Crippen molar-refractivity contribution in [1.29, 1.82) is 0 Å². The highest BCUT2D eigenvalue weighted by Gasteiger charge is 2.42. The maximum Gasteiger partial charge on any atom is 0.00674 e. The third kappa shape index (κ3) is 2.86. The van der Waals surface area contributed by atoms with Crippen LogP contribution in [0.2, 0.25) is 0 Å². The van der Waals surface area contributed by atoms with E-state index in [-0.39, 0.29) is 0 Å². The van der Waals surface area contributed by atoms with Crippen LogP contribution >= 0.6 is 0 Å². The second-order valence-electron chi connectivity index (χ2n) is 8.97. The second-order valence-corrected chi connectivity index (χ2v) is 8.97. The predicted molar refractivity (Wildman–Crippen MR) is 81.8 cm³/mol. The SMILES string of the molecule is CC(C)(C)C1CCC(N)C(CC2CC3CCC2C3)C1. The maximum atomic E-state index is 6.46. The van der Waals surface area contributed by atoms with Crippen LogP contribution in [-0.4, -0.2) is 6.04 Å². The van der Waals surface area contributed by atoms with Crippen LogP contribution in [-0.2, 0) is 0 Å². The van der Waals surface area contributed by atoms with E-state index in [0.717, 1.165) is 29.6 Å². The lowest BCUT2D eigenvalue weighted by molar-refractivity contribution is 0.105. The summed E-state index contributed by atoms with van der Waals surface area (Å²) in [5, 5.41) is 0. The van der Waals surface area contributed by atoms with Gasteiger partial charge in [0, 0.05) is 6.04 Å². The van der Waals surface area contributed by atoms with E-state index >= 15 is 0 Å². The molecule has 3 aliphatic rings. The highest BCUT2D eigenvalue weighted by Crippen LogP contribution is 2.52. The second kappa shape index (κ2) is 5.06. The van der Waals surface area contributed by atoms with Crippen LogP contribution in [0.15, 0.2) is 0 Å². The van der Waals surface area contributed by atoms with Crippen molar-refractivity contribution in [2.75, 3.05) is 0 Å². The largest absolute Gasteiger partial charge is 0.327 e. The Kier molecular flexibility index (Phi) is 3.71. The molecule has 3 rings (SSSR count). The van der Waals surface area contributed by atoms with Gasteiger partial charge in [0.05, 0.1) is 0 Å². The van der Waals surface area contributed by atoms with E-state index in [1.54, 1.807) is 6.42 Å². The fraction of sp³-hybridized carbons (Fsp3) is 1.00. The number of fused-ring (bicyclic) bond motifs is 2. The molecular weight excluding hydrogens is 230 g/mol. The third-order valence-corrected chi connectivity index (χ3v) is 6.76. The van der Waals surface area contributed by atoms with E-state index in [1.165, 1.54) is 44.9 Å². The average Bonchev–Trinajstić information content (AvgIpc) is 2.92. The van der Waals surface area contributed by atoms with Crippen LogP contribution in [0.3, 0.4) is 0 Å². The van der Waals surface area contributed by atoms with Crippen LogP contribution in [0, 0.1) is 35.0 Å². The summed E-state index contributed by atoms with van der Waals surface area (Å²) in [5.41, 5.74) is 6.94. The minimum Gasteiger partial charge on any atom is -0.327 e. The zero-order valence-corrected chi connectivity index (χ0v) is 13.2. The smallest absolute Gasteiger partial charge is 0.00674 e. The molecule has 1 nitrogen and oxygen atoms in total. The van der Waals surface area contributed by atoms with Crippen LogP contribution < -0.4 is 5.73 Å². The summed E-state index contributed by atoms with van der Waals surface area (Å²) in [4.78, 5) is 0.